The van der Waals surface area contributed by atoms with Crippen LogP contribution in [0.1, 0.15) is 46.0 Å². The summed E-state index contributed by atoms with van der Waals surface area (Å²) in [6.45, 7) is 5.74. The first-order chi connectivity index (χ1) is 8.19. The maximum Gasteiger partial charge on any atom is 0.248 e. The van der Waals surface area contributed by atoms with Crippen LogP contribution in [0.2, 0.25) is 0 Å². The zero-order valence-corrected chi connectivity index (χ0v) is 11.2. The molecule has 1 amide bonds. The summed E-state index contributed by atoms with van der Waals surface area (Å²) in [7, 11) is 0. The Kier molecular flexibility index (Phi) is 6.52. The quantitative estimate of drug-likeness (QED) is 0.719. The van der Waals surface area contributed by atoms with Crippen LogP contribution in [0.3, 0.4) is 0 Å². The van der Waals surface area contributed by atoms with E-state index >= 15 is 0 Å². The van der Waals surface area contributed by atoms with E-state index in [2.05, 4.69) is 0 Å². The molecule has 0 aromatic heterocycles. The molecular weight excluding hydrogens is 216 g/mol. The van der Waals surface area contributed by atoms with Crippen molar-refractivity contribution in [1.29, 1.82) is 0 Å². The van der Waals surface area contributed by atoms with Gasteiger partial charge in [0.25, 0.3) is 0 Å². The molecule has 0 aromatic carbocycles. The fourth-order valence-electron chi connectivity index (χ4n) is 2.44. The minimum atomic E-state index is 0.126. The van der Waals surface area contributed by atoms with Crippen molar-refractivity contribution in [2.75, 3.05) is 19.8 Å². The van der Waals surface area contributed by atoms with Crippen molar-refractivity contribution >= 4 is 5.91 Å². The molecule has 1 aliphatic carbocycles. The number of rotatable bonds is 6. The maximum absolute atomic E-state index is 12.0. The van der Waals surface area contributed by atoms with E-state index in [4.69, 9.17) is 10.5 Å². The summed E-state index contributed by atoms with van der Waals surface area (Å²) in [5.41, 5.74) is 5.88. The molecule has 0 unspecified atom stereocenters. The molecule has 0 bridgehead atoms. The van der Waals surface area contributed by atoms with Gasteiger partial charge in [-0.15, -0.1) is 0 Å². The maximum atomic E-state index is 12.0. The third kappa shape index (κ3) is 4.64. The molecule has 1 fully saturated rings. The number of ether oxygens (including phenoxy) is 1. The summed E-state index contributed by atoms with van der Waals surface area (Å²) in [5, 5.41) is 0. The predicted octanol–water partition coefficient (Wildman–Crippen LogP) is 1.53. The van der Waals surface area contributed by atoms with Gasteiger partial charge in [0, 0.05) is 25.2 Å². The van der Waals surface area contributed by atoms with Gasteiger partial charge in [-0.3, -0.25) is 4.79 Å². The van der Waals surface area contributed by atoms with Gasteiger partial charge >= 0.3 is 0 Å². The van der Waals surface area contributed by atoms with Crippen LogP contribution < -0.4 is 5.73 Å². The number of nitrogens with zero attached hydrogens (tertiary/aromatic N) is 1. The summed E-state index contributed by atoms with van der Waals surface area (Å²) < 4.78 is 5.32. The first-order valence-corrected chi connectivity index (χ1v) is 6.81. The zero-order valence-electron chi connectivity index (χ0n) is 11.2. The van der Waals surface area contributed by atoms with Gasteiger partial charge < -0.3 is 15.4 Å². The molecule has 0 radical (unpaired) electrons. The number of hydrogen-bond donors (Lipinski definition) is 1. The van der Waals surface area contributed by atoms with Gasteiger partial charge in [0.15, 0.2) is 0 Å². The smallest absolute Gasteiger partial charge is 0.248 e. The third-order valence-corrected chi connectivity index (χ3v) is 3.42. The Morgan fingerprint density at radius 2 is 1.94 bits per heavy atom. The highest BCUT2D eigenvalue weighted by atomic mass is 16.5. The Labute approximate surface area is 104 Å². The Hall–Kier alpha value is -0.610. The Balaban J connectivity index is 2.38. The van der Waals surface area contributed by atoms with E-state index in [-0.39, 0.29) is 12.5 Å². The Bertz CT molecular complexity index is 225. The molecule has 1 aliphatic rings. The van der Waals surface area contributed by atoms with Gasteiger partial charge in [0.05, 0.1) is 0 Å². The van der Waals surface area contributed by atoms with Crippen LogP contribution in [0.15, 0.2) is 0 Å². The number of hydrogen-bond acceptors (Lipinski definition) is 3. The molecule has 0 saturated heterocycles. The van der Waals surface area contributed by atoms with Gasteiger partial charge in [0.2, 0.25) is 5.91 Å². The van der Waals surface area contributed by atoms with Crippen LogP contribution in [0.4, 0.5) is 0 Å². The monoisotopic (exact) mass is 242 g/mol. The molecule has 0 atom stereocenters. The lowest BCUT2D eigenvalue weighted by atomic mass is 9.90. The second kappa shape index (κ2) is 7.67. The number of carbonyl (C=O) groups is 1. The highest BCUT2D eigenvalue weighted by molar-refractivity contribution is 5.77. The lowest BCUT2D eigenvalue weighted by molar-refractivity contribution is -0.139. The van der Waals surface area contributed by atoms with Crippen LogP contribution in [-0.4, -0.2) is 42.6 Å². The lowest BCUT2D eigenvalue weighted by Crippen LogP contribution is -2.45. The van der Waals surface area contributed by atoms with Gasteiger partial charge in [-0.05, 0) is 39.0 Å². The van der Waals surface area contributed by atoms with Crippen LogP contribution in [0, 0.1) is 0 Å². The second-order valence-corrected chi connectivity index (χ2v) is 4.80. The van der Waals surface area contributed by atoms with E-state index < -0.39 is 0 Å². The zero-order chi connectivity index (χ0) is 12.7. The average Bonchev–Trinajstić information content (AvgIpc) is 2.33. The highest BCUT2D eigenvalue weighted by Crippen LogP contribution is 2.22. The van der Waals surface area contributed by atoms with Crippen LogP contribution in [0.5, 0.6) is 0 Å². The number of likely N-dealkylation sites (N-methyl/N-ethyl adjacent to an activating group) is 1. The van der Waals surface area contributed by atoms with Gasteiger partial charge in [-0.2, -0.15) is 0 Å². The molecular formula is C13H26N2O2. The van der Waals surface area contributed by atoms with Gasteiger partial charge in [-0.25, -0.2) is 0 Å². The molecule has 4 nitrogen and oxygen atoms in total. The summed E-state index contributed by atoms with van der Waals surface area (Å²) >= 11 is 0. The van der Waals surface area contributed by atoms with E-state index in [0.29, 0.717) is 18.7 Å². The fraction of sp³-hybridized carbons (Fsp3) is 0.923. The van der Waals surface area contributed by atoms with E-state index in [0.717, 1.165) is 38.6 Å². The van der Waals surface area contributed by atoms with E-state index in [1.54, 1.807) is 0 Å². The third-order valence-electron chi connectivity index (χ3n) is 3.42. The van der Waals surface area contributed by atoms with E-state index in [9.17, 15) is 4.79 Å². The van der Waals surface area contributed by atoms with Crippen LogP contribution >= 0.6 is 0 Å². The molecule has 0 heterocycles. The van der Waals surface area contributed by atoms with Crippen molar-refractivity contribution in [1.82, 2.24) is 4.90 Å². The van der Waals surface area contributed by atoms with Gasteiger partial charge in [0.1, 0.15) is 6.61 Å². The Morgan fingerprint density at radius 3 is 2.47 bits per heavy atom. The molecule has 0 aromatic rings. The first-order valence-electron chi connectivity index (χ1n) is 6.81. The van der Waals surface area contributed by atoms with E-state index in [1.165, 1.54) is 0 Å². The van der Waals surface area contributed by atoms with Crippen LogP contribution in [0.25, 0.3) is 0 Å². The first kappa shape index (κ1) is 14.5. The second-order valence-electron chi connectivity index (χ2n) is 4.80. The number of amides is 1. The highest BCUT2D eigenvalue weighted by Gasteiger charge is 2.26. The van der Waals surface area contributed by atoms with Crippen molar-refractivity contribution < 1.29 is 9.53 Å². The van der Waals surface area contributed by atoms with E-state index in [1.807, 2.05) is 18.7 Å². The molecule has 17 heavy (non-hydrogen) atoms. The Morgan fingerprint density at radius 1 is 1.29 bits per heavy atom. The minimum Gasteiger partial charge on any atom is -0.372 e. The average molecular weight is 242 g/mol. The van der Waals surface area contributed by atoms with Crippen molar-refractivity contribution in [3.8, 4) is 0 Å². The van der Waals surface area contributed by atoms with Crippen molar-refractivity contribution in [3.05, 3.63) is 0 Å². The molecule has 4 heteroatoms. The normalized spacial score (nSPS) is 24.6. The topological polar surface area (TPSA) is 55.6 Å². The van der Waals surface area contributed by atoms with Crippen LogP contribution in [-0.2, 0) is 9.53 Å². The number of nitrogens with two attached hydrogens (primary N) is 1. The summed E-state index contributed by atoms with van der Waals surface area (Å²) in [5.74, 6) is 0.126. The number of carbonyl (C=O) groups excluding carboxylic acids is 1. The van der Waals surface area contributed by atoms with Crippen molar-refractivity contribution in [3.63, 3.8) is 0 Å². The summed E-state index contributed by atoms with van der Waals surface area (Å²) in [6, 6.07) is 0.703. The van der Waals surface area contributed by atoms with Crippen molar-refractivity contribution in [2.24, 2.45) is 5.73 Å². The SMILES string of the molecule is CCCOCC(=O)N(CC)C1CCC(N)CC1. The molecule has 0 aliphatic heterocycles. The fourth-order valence-corrected chi connectivity index (χ4v) is 2.44. The molecule has 100 valence electrons. The summed E-state index contributed by atoms with van der Waals surface area (Å²) in [6.07, 6.45) is 5.09. The van der Waals surface area contributed by atoms with Gasteiger partial charge in [-0.1, -0.05) is 6.92 Å². The largest absolute Gasteiger partial charge is 0.372 e. The van der Waals surface area contributed by atoms with Crippen molar-refractivity contribution in [2.45, 2.75) is 58.0 Å². The lowest BCUT2D eigenvalue weighted by Gasteiger charge is -2.35. The molecule has 2 N–H and O–H groups in total. The molecule has 0 spiro atoms. The predicted molar refractivity (Wildman–Crippen MR) is 68.7 cm³/mol. The molecule has 1 rings (SSSR count). The molecule has 1 saturated carbocycles. The summed E-state index contributed by atoms with van der Waals surface area (Å²) in [4.78, 5) is 14.0. The standard InChI is InChI=1S/C13H26N2O2/c1-3-9-17-10-13(16)15(4-2)12-7-5-11(14)6-8-12/h11-12H,3-10,14H2,1-2H3. The minimum absolute atomic E-state index is 0.126.